The van der Waals surface area contributed by atoms with Crippen LogP contribution in [0.1, 0.15) is 59.3 Å². The van der Waals surface area contributed by atoms with Crippen molar-refractivity contribution in [1.82, 2.24) is 10.0 Å². The van der Waals surface area contributed by atoms with Crippen molar-refractivity contribution in [2.75, 3.05) is 0 Å². The molecule has 2 bridgehead atoms. The lowest BCUT2D eigenvalue weighted by Crippen LogP contribution is -2.60. The second-order valence-corrected chi connectivity index (χ2v) is 11.5. The van der Waals surface area contributed by atoms with E-state index in [1.54, 1.807) is 26.0 Å². The molecule has 0 radical (unpaired) electrons. The molecule has 2 fully saturated rings. The zero-order valence-corrected chi connectivity index (χ0v) is 19.3. The fourth-order valence-corrected chi connectivity index (χ4v) is 6.87. The van der Waals surface area contributed by atoms with Crippen LogP contribution < -0.4 is 10.0 Å². The molecule has 4 unspecified atom stereocenters. The van der Waals surface area contributed by atoms with Crippen molar-refractivity contribution in [2.45, 2.75) is 75.8 Å². The van der Waals surface area contributed by atoms with E-state index in [4.69, 9.17) is 0 Å². The van der Waals surface area contributed by atoms with E-state index in [2.05, 4.69) is 32.9 Å². The molecule has 28 heavy (non-hydrogen) atoms. The van der Waals surface area contributed by atoms with Crippen LogP contribution in [0, 0.1) is 17.8 Å². The molecular formula is C21H31BrN2O3S. The summed E-state index contributed by atoms with van der Waals surface area (Å²) in [5, 5.41) is 3.23. The summed E-state index contributed by atoms with van der Waals surface area (Å²) in [4.78, 5) is 13.2. The number of carbonyl (C=O) groups excluding carboxylic acids is 1. The molecule has 7 heteroatoms. The Labute approximate surface area is 177 Å². The smallest absolute Gasteiger partial charge is 0.241 e. The number of carbonyl (C=O) groups is 1. The predicted octanol–water partition coefficient (Wildman–Crippen LogP) is 4.23. The van der Waals surface area contributed by atoms with Gasteiger partial charge in [0.15, 0.2) is 0 Å². The number of amides is 1. The van der Waals surface area contributed by atoms with Gasteiger partial charge >= 0.3 is 0 Å². The number of hydrogen-bond donors (Lipinski definition) is 2. The fourth-order valence-electron chi connectivity index (χ4n) is 4.90. The van der Waals surface area contributed by atoms with Crippen molar-refractivity contribution >= 4 is 31.9 Å². The largest absolute Gasteiger partial charge is 0.351 e. The van der Waals surface area contributed by atoms with Crippen LogP contribution in [0.15, 0.2) is 33.6 Å². The highest BCUT2D eigenvalue weighted by atomic mass is 79.9. The van der Waals surface area contributed by atoms with Gasteiger partial charge in [0.1, 0.15) is 5.54 Å². The first-order valence-electron chi connectivity index (χ1n) is 10.2. The lowest BCUT2D eigenvalue weighted by Gasteiger charge is -2.46. The summed E-state index contributed by atoms with van der Waals surface area (Å²) in [5.74, 6) is 1.53. The number of nitrogens with one attached hydrogen (secondary N) is 2. The van der Waals surface area contributed by atoms with E-state index in [0.29, 0.717) is 16.3 Å². The molecule has 1 aromatic rings. The molecule has 2 aliphatic carbocycles. The molecule has 2 saturated carbocycles. The van der Waals surface area contributed by atoms with Crippen LogP contribution in [-0.2, 0) is 14.8 Å². The zero-order valence-electron chi connectivity index (χ0n) is 16.9. The third kappa shape index (κ3) is 4.79. The number of sulfonamides is 1. The Morgan fingerprint density at radius 3 is 2.68 bits per heavy atom. The van der Waals surface area contributed by atoms with Gasteiger partial charge in [-0.2, -0.15) is 4.72 Å². The Bertz CT molecular complexity index is 823. The first-order chi connectivity index (χ1) is 13.1. The van der Waals surface area contributed by atoms with Crippen LogP contribution in [0.4, 0.5) is 0 Å². The van der Waals surface area contributed by atoms with Crippen molar-refractivity contribution < 1.29 is 13.2 Å². The molecule has 0 aromatic heterocycles. The van der Waals surface area contributed by atoms with Gasteiger partial charge < -0.3 is 5.32 Å². The maximum absolute atomic E-state index is 13.1. The molecule has 5 nitrogen and oxygen atoms in total. The highest BCUT2D eigenvalue weighted by molar-refractivity contribution is 9.10. The molecule has 1 amide bonds. The van der Waals surface area contributed by atoms with Crippen LogP contribution in [0.3, 0.4) is 0 Å². The summed E-state index contributed by atoms with van der Waals surface area (Å²) < 4.78 is 28.8. The van der Waals surface area contributed by atoms with Gasteiger partial charge in [-0.3, -0.25) is 4.79 Å². The van der Waals surface area contributed by atoms with Gasteiger partial charge in [-0.1, -0.05) is 48.2 Å². The second kappa shape index (κ2) is 8.44. The Morgan fingerprint density at radius 1 is 1.25 bits per heavy atom. The average Bonchev–Trinajstić information content (AvgIpc) is 2.63. The van der Waals surface area contributed by atoms with Crippen LogP contribution in [0.2, 0.25) is 0 Å². The highest BCUT2D eigenvalue weighted by Gasteiger charge is 2.42. The molecule has 2 N–H and O–H groups in total. The molecule has 156 valence electrons. The van der Waals surface area contributed by atoms with Crippen molar-refractivity contribution in [3.05, 3.63) is 28.7 Å². The van der Waals surface area contributed by atoms with Crippen LogP contribution in [0.25, 0.3) is 0 Å². The first kappa shape index (κ1) is 21.8. The standard InChI is InChI=1S/C21H31BrN2O3S/c1-4-15-11-14-7-5-8-16(12-14)19(15)23-20(25)21(2,3)24-28(26,27)18-10-6-9-17(22)13-18/h6,9-10,13-16,19,24H,4-5,7-8,11-12H2,1-3H3,(H,23,25). The third-order valence-corrected chi connectivity index (χ3v) is 8.51. The van der Waals surface area contributed by atoms with Crippen molar-refractivity contribution in [1.29, 1.82) is 0 Å². The van der Waals surface area contributed by atoms with Gasteiger partial charge in [-0.15, -0.1) is 0 Å². The normalized spacial score (nSPS) is 28.0. The van der Waals surface area contributed by atoms with Crippen LogP contribution in [0.5, 0.6) is 0 Å². The van der Waals surface area contributed by atoms with Crippen molar-refractivity contribution in [3.8, 4) is 0 Å². The molecule has 1 aromatic carbocycles. The quantitative estimate of drug-likeness (QED) is 0.652. The lowest BCUT2D eigenvalue weighted by molar-refractivity contribution is -0.128. The monoisotopic (exact) mass is 470 g/mol. The van der Waals surface area contributed by atoms with E-state index < -0.39 is 15.6 Å². The van der Waals surface area contributed by atoms with Gasteiger partial charge in [0.2, 0.25) is 15.9 Å². The molecule has 0 heterocycles. The fraction of sp³-hybridized carbons (Fsp3) is 0.667. The Hall–Kier alpha value is -0.920. The summed E-state index contributed by atoms with van der Waals surface area (Å²) in [5.41, 5.74) is -1.23. The van der Waals surface area contributed by atoms with Gasteiger partial charge in [-0.05, 0) is 69.1 Å². The van der Waals surface area contributed by atoms with Gasteiger partial charge in [0, 0.05) is 10.5 Å². The molecule has 0 saturated heterocycles. The van der Waals surface area contributed by atoms with Crippen LogP contribution >= 0.6 is 15.9 Å². The second-order valence-electron chi connectivity index (χ2n) is 8.88. The molecule has 4 atom stereocenters. The Kier molecular flexibility index (Phi) is 6.57. The maximum Gasteiger partial charge on any atom is 0.241 e. The predicted molar refractivity (Wildman–Crippen MR) is 114 cm³/mol. The minimum atomic E-state index is -3.80. The summed E-state index contributed by atoms with van der Waals surface area (Å²) in [6.07, 6.45) is 7.10. The number of hydrogen-bond acceptors (Lipinski definition) is 3. The van der Waals surface area contributed by atoms with E-state index >= 15 is 0 Å². The van der Waals surface area contributed by atoms with Crippen molar-refractivity contribution in [2.24, 2.45) is 17.8 Å². The van der Waals surface area contributed by atoms with Gasteiger partial charge in [-0.25, -0.2) is 8.42 Å². The summed E-state index contributed by atoms with van der Waals surface area (Å²) >= 11 is 3.30. The number of halogens is 1. The van der Waals surface area contributed by atoms with E-state index in [9.17, 15) is 13.2 Å². The summed E-state index contributed by atoms with van der Waals surface area (Å²) in [6.45, 7) is 5.45. The van der Waals surface area contributed by atoms with E-state index in [1.807, 2.05) is 0 Å². The van der Waals surface area contributed by atoms with Gasteiger partial charge in [0.25, 0.3) is 0 Å². The topological polar surface area (TPSA) is 75.3 Å². The van der Waals surface area contributed by atoms with Crippen molar-refractivity contribution in [3.63, 3.8) is 0 Å². The van der Waals surface area contributed by atoms with E-state index in [1.165, 1.54) is 37.8 Å². The number of fused-ring (bicyclic) bond motifs is 2. The molecule has 0 aliphatic heterocycles. The SMILES string of the molecule is CCC1CC2CCCC(C2)C1NC(=O)C(C)(C)NS(=O)(=O)c1cccc(Br)c1. The van der Waals surface area contributed by atoms with E-state index in [0.717, 1.165) is 18.8 Å². The molecule has 3 rings (SSSR count). The Morgan fingerprint density at radius 2 is 2.00 bits per heavy atom. The summed E-state index contributed by atoms with van der Waals surface area (Å²) in [7, 11) is -3.80. The molecule has 2 aliphatic rings. The van der Waals surface area contributed by atoms with E-state index in [-0.39, 0.29) is 16.8 Å². The zero-order chi connectivity index (χ0) is 20.5. The minimum Gasteiger partial charge on any atom is -0.351 e. The minimum absolute atomic E-state index is 0.141. The molecule has 0 spiro atoms. The van der Waals surface area contributed by atoms with Gasteiger partial charge in [0.05, 0.1) is 4.90 Å². The average molecular weight is 471 g/mol. The maximum atomic E-state index is 13.1. The highest BCUT2D eigenvalue weighted by Crippen LogP contribution is 2.43. The number of rotatable bonds is 6. The van der Waals surface area contributed by atoms with Crippen LogP contribution in [-0.4, -0.2) is 25.9 Å². The Balaban J connectivity index is 1.73. The molecular weight excluding hydrogens is 440 g/mol. The number of benzene rings is 1. The summed E-state index contributed by atoms with van der Waals surface area (Å²) in [6, 6.07) is 6.63. The lowest BCUT2D eigenvalue weighted by atomic mass is 9.64. The third-order valence-electron chi connectivity index (χ3n) is 6.36. The first-order valence-corrected chi connectivity index (χ1v) is 12.5.